The topological polar surface area (TPSA) is 61.4 Å². The Bertz CT molecular complexity index is 606. The second-order valence-corrected chi connectivity index (χ2v) is 8.32. The largest absolute Gasteiger partial charge is 0.334 e. The lowest BCUT2D eigenvalue weighted by Gasteiger charge is -2.30. The fourth-order valence-electron chi connectivity index (χ4n) is 3.66. The second kappa shape index (κ2) is 8.23. The minimum absolute atomic E-state index is 0.0611. The molecule has 2 amide bonds. The van der Waals surface area contributed by atoms with E-state index in [9.17, 15) is 9.59 Å². The number of carbonyl (C=O) groups excluding carboxylic acids is 2. The Labute approximate surface area is 153 Å². The quantitative estimate of drug-likeness (QED) is 0.845. The van der Waals surface area contributed by atoms with Gasteiger partial charge in [-0.1, -0.05) is 17.7 Å². The predicted molar refractivity (Wildman–Crippen MR) is 103 cm³/mol. The lowest BCUT2D eigenvalue weighted by Crippen LogP contribution is -2.46. The van der Waals surface area contributed by atoms with Crippen molar-refractivity contribution in [3.05, 3.63) is 29.8 Å². The first-order valence-electron chi connectivity index (χ1n) is 9.05. The average molecular weight is 362 g/mol. The molecule has 3 unspecified atom stereocenters. The van der Waals surface area contributed by atoms with Crippen LogP contribution < -0.4 is 10.6 Å². The first-order chi connectivity index (χ1) is 12.0. The summed E-state index contributed by atoms with van der Waals surface area (Å²) in [6.07, 6.45) is 3.24. The highest BCUT2D eigenvalue weighted by Gasteiger charge is 2.39. The molecule has 2 heterocycles. The van der Waals surface area contributed by atoms with Gasteiger partial charge >= 0.3 is 0 Å². The maximum Gasteiger partial charge on any atom is 0.235 e. The van der Waals surface area contributed by atoms with Crippen molar-refractivity contribution in [3.63, 3.8) is 0 Å². The van der Waals surface area contributed by atoms with Gasteiger partial charge in [-0.05, 0) is 51.8 Å². The van der Waals surface area contributed by atoms with E-state index in [-0.39, 0.29) is 17.1 Å². The van der Waals surface area contributed by atoms with Crippen molar-refractivity contribution >= 4 is 29.3 Å². The van der Waals surface area contributed by atoms with Crippen LogP contribution in [0, 0.1) is 6.92 Å². The molecule has 0 saturated carbocycles. The molecule has 2 bridgehead atoms. The number of carbonyl (C=O) groups is 2. The number of hydrogen-bond acceptors (Lipinski definition) is 4. The van der Waals surface area contributed by atoms with Crippen molar-refractivity contribution in [3.8, 4) is 0 Å². The normalized spacial score (nSPS) is 23.8. The zero-order valence-electron chi connectivity index (χ0n) is 15.0. The summed E-state index contributed by atoms with van der Waals surface area (Å²) in [4.78, 5) is 27.1. The third-order valence-corrected chi connectivity index (χ3v) is 6.19. The van der Waals surface area contributed by atoms with Gasteiger partial charge in [0.25, 0.3) is 0 Å². The van der Waals surface area contributed by atoms with E-state index < -0.39 is 0 Å². The Morgan fingerprint density at radius 1 is 1.24 bits per heavy atom. The molecule has 6 heteroatoms. The fraction of sp³-hybridized carbons (Fsp3) is 0.579. The van der Waals surface area contributed by atoms with Crippen LogP contribution in [0.15, 0.2) is 24.3 Å². The Hall–Kier alpha value is -1.53. The van der Waals surface area contributed by atoms with Crippen molar-refractivity contribution in [2.75, 3.05) is 24.2 Å². The van der Waals surface area contributed by atoms with Crippen molar-refractivity contribution in [1.29, 1.82) is 0 Å². The molecule has 136 valence electrons. The number of anilines is 1. The smallest absolute Gasteiger partial charge is 0.235 e. The van der Waals surface area contributed by atoms with Crippen LogP contribution in [0.4, 0.5) is 5.69 Å². The summed E-state index contributed by atoms with van der Waals surface area (Å²) in [6.45, 7) is 5.82. The zero-order chi connectivity index (χ0) is 17.8. The van der Waals surface area contributed by atoms with E-state index in [1.807, 2.05) is 38.1 Å². The zero-order valence-corrected chi connectivity index (χ0v) is 15.8. The second-order valence-electron chi connectivity index (χ2n) is 6.99. The summed E-state index contributed by atoms with van der Waals surface area (Å²) in [6, 6.07) is 8.43. The van der Waals surface area contributed by atoms with Gasteiger partial charge in [0.15, 0.2) is 0 Å². The molecule has 2 fully saturated rings. The van der Waals surface area contributed by atoms with E-state index in [2.05, 4.69) is 15.5 Å². The number of amides is 2. The van der Waals surface area contributed by atoms with Crippen LogP contribution in [0.3, 0.4) is 0 Å². The van der Waals surface area contributed by atoms with Gasteiger partial charge in [0.1, 0.15) is 0 Å². The number of nitrogens with one attached hydrogen (secondary N) is 2. The minimum Gasteiger partial charge on any atom is -0.334 e. The number of thioether (sulfide) groups is 1. The molecule has 1 aromatic carbocycles. The fourth-order valence-corrected chi connectivity index (χ4v) is 4.40. The molecule has 25 heavy (non-hydrogen) atoms. The average Bonchev–Trinajstić information content (AvgIpc) is 2.87. The molecule has 5 nitrogen and oxygen atoms in total. The number of nitrogens with zero attached hydrogens (tertiary/aromatic N) is 1. The SMILES string of the molecule is Cc1ccc(NC(=O)CSC(C)C(=O)N2C3CCNCC2CC3)cc1. The van der Waals surface area contributed by atoms with Gasteiger partial charge in [-0.2, -0.15) is 0 Å². The summed E-state index contributed by atoms with van der Waals surface area (Å²) < 4.78 is 0. The van der Waals surface area contributed by atoms with Gasteiger partial charge < -0.3 is 15.5 Å². The number of fused-ring (bicyclic) bond motifs is 2. The molecule has 2 aliphatic rings. The van der Waals surface area contributed by atoms with Crippen LogP contribution in [-0.4, -0.2) is 52.9 Å². The number of rotatable bonds is 5. The Morgan fingerprint density at radius 2 is 1.96 bits per heavy atom. The van der Waals surface area contributed by atoms with Gasteiger partial charge in [-0.3, -0.25) is 9.59 Å². The monoisotopic (exact) mass is 361 g/mol. The molecule has 3 atom stereocenters. The number of aryl methyl sites for hydroxylation is 1. The van der Waals surface area contributed by atoms with Crippen LogP contribution >= 0.6 is 11.8 Å². The maximum absolute atomic E-state index is 12.9. The van der Waals surface area contributed by atoms with Gasteiger partial charge in [-0.25, -0.2) is 0 Å². The van der Waals surface area contributed by atoms with Gasteiger partial charge in [0.05, 0.1) is 11.0 Å². The molecular weight excluding hydrogens is 334 g/mol. The molecular formula is C19H27N3O2S. The standard InChI is InChI=1S/C19H27N3O2S/c1-13-3-5-15(6-4-13)21-18(23)12-25-14(2)19(24)22-16-7-8-17(22)11-20-10-9-16/h3-6,14,16-17,20H,7-12H2,1-2H3,(H,21,23). The van der Waals surface area contributed by atoms with Crippen LogP contribution in [0.2, 0.25) is 0 Å². The van der Waals surface area contributed by atoms with E-state index in [1.165, 1.54) is 11.8 Å². The number of benzene rings is 1. The molecule has 0 spiro atoms. The predicted octanol–water partition coefficient (Wildman–Crippen LogP) is 2.41. The lowest BCUT2D eigenvalue weighted by molar-refractivity contribution is -0.132. The highest BCUT2D eigenvalue weighted by atomic mass is 32.2. The molecule has 0 aliphatic carbocycles. The number of hydrogen-bond donors (Lipinski definition) is 2. The third-order valence-electron chi connectivity index (χ3n) is 5.06. The van der Waals surface area contributed by atoms with Crippen molar-refractivity contribution in [1.82, 2.24) is 10.2 Å². The molecule has 1 aromatic rings. The van der Waals surface area contributed by atoms with E-state index >= 15 is 0 Å². The van der Waals surface area contributed by atoms with E-state index in [0.717, 1.165) is 43.6 Å². The van der Waals surface area contributed by atoms with E-state index in [0.29, 0.717) is 17.8 Å². The lowest BCUT2D eigenvalue weighted by atomic mass is 10.1. The maximum atomic E-state index is 12.9. The highest BCUT2D eigenvalue weighted by molar-refractivity contribution is 8.01. The van der Waals surface area contributed by atoms with E-state index in [1.54, 1.807) is 0 Å². The molecule has 2 saturated heterocycles. The van der Waals surface area contributed by atoms with Crippen molar-refractivity contribution in [2.24, 2.45) is 0 Å². The van der Waals surface area contributed by atoms with Gasteiger partial charge in [-0.15, -0.1) is 11.8 Å². The summed E-state index contributed by atoms with van der Waals surface area (Å²) in [5, 5.41) is 6.12. The van der Waals surface area contributed by atoms with Crippen LogP contribution in [0.25, 0.3) is 0 Å². The van der Waals surface area contributed by atoms with Crippen LogP contribution in [-0.2, 0) is 9.59 Å². The first-order valence-corrected chi connectivity index (χ1v) is 10.1. The Morgan fingerprint density at radius 3 is 2.72 bits per heavy atom. The molecule has 2 aliphatic heterocycles. The van der Waals surface area contributed by atoms with Crippen molar-refractivity contribution in [2.45, 2.75) is 50.4 Å². The summed E-state index contributed by atoms with van der Waals surface area (Å²) in [5.74, 6) is 0.417. The minimum atomic E-state index is -0.190. The third kappa shape index (κ3) is 4.55. The van der Waals surface area contributed by atoms with Gasteiger partial charge in [0.2, 0.25) is 11.8 Å². The summed E-state index contributed by atoms with van der Waals surface area (Å²) in [7, 11) is 0. The van der Waals surface area contributed by atoms with Gasteiger partial charge in [0, 0.05) is 24.3 Å². The van der Waals surface area contributed by atoms with Crippen molar-refractivity contribution < 1.29 is 9.59 Å². The van der Waals surface area contributed by atoms with Crippen LogP contribution in [0.1, 0.15) is 31.7 Å². The Balaban J connectivity index is 1.49. The van der Waals surface area contributed by atoms with Crippen LogP contribution in [0.5, 0.6) is 0 Å². The van der Waals surface area contributed by atoms with E-state index in [4.69, 9.17) is 0 Å². The molecule has 0 aromatic heterocycles. The molecule has 3 rings (SSSR count). The molecule has 2 N–H and O–H groups in total. The summed E-state index contributed by atoms with van der Waals surface area (Å²) in [5.41, 5.74) is 1.96. The summed E-state index contributed by atoms with van der Waals surface area (Å²) >= 11 is 1.42. The first kappa shape index (κ1) is 18.3. The highest BCUT2D eigenvalue weighted by Crippen LogP contribution is 2.30. The Kier molecular flexibility index (Phi) is 6.02. The molecule has 0 radical (unpaired) electrons.